The van der Waals surface area contributed by atoms with Gasteiger partial charge in [-0.3, -0.25) is 4.79 Å². The highest BCUT2D eigenvalue weighted by Gasteiger charge is 2.24. The number of aryl methyl sites for hydroxylation is 1. The second-order valence-corrected chi connectivity index (χ2v) is 9.56. The van der Waals surface area contributed by atoms with Crippen molar-refractivity contribution in [2.45, 2.75) is 43.1 Å². The molecule has 1 aliphatic rings. The van der Waals surface area contributed by atoms with Crippen molar-refractivity contribution in [3.8, 4) is 0 Å². The van der Waals surface area contributed by atoms with Gasteiger partial charge in [0.15, 0.2) is 0 Å². The van der Waals surface area contributed by atoms with Crippen LogP contribution in [0.1, 0.15) is 32.3 Å². The molecular formula is C17H23Cl2NOS2. The number of hydrogen-bond acceptors (Lipinski definition) is 3. The van der Waals surface area contributed by atoms with E-state index in [2.05, 4.69) is 6.92 Å². The lowest BCUT2D eigenvalue weighted by atomic mass is 10.1. The molecule has 1 amide bonds. The minimum Gasteiger partial charge on any atom is -0.311 e. The second kappa shape index (κ2) is 9.45. The number of benzene rings is 1. The Morgan fingerprint density at radius 2 is 2.09 bits per heavy atom. The van der Waals surface area contributed by atoms with Crippen molar-refractivity contribution in [1.82, 2.24) is 0 Å². The predicted molar refractivity (Wildman–Crippen MR) is 106 cm³/mol. The van der Waals surface area contributed by atoms with Crippen LogP contribution in [-0.2, 0) is 11.2 Å². The van der Waals surface area contributed by atoms with Gasteiger partial charge in [0.1, 0.15) is 5.38 Å². The normalized spacial score (nSPS) is 17.0. The first-order valence-corrected chi connectivity index (χ1v) is 10.9. The fourth-order valence-electron chi connectivity index (χ4n) is 2.60. The smallest absolute Gasteiger partial charge is 0.244 e. The maximum atomic E-state index is 12.6. The quantitative estimate of drug-likeness (QED) is 0.601. The van der Waals surface area contributed by atoms with E-state index in [1.807, 2.05) is 46.6 Å². The molecule has 0 radical (unpaired) electrons. The highest BCUT2D eigenvalue weighted by atomic mass is 35.5. The van der Waals surface area contributed by atoms with Crippen molar-refractivity contribution in [1.29, 1.82) is 0 Å². The maximum absolute atomic E-state index is 12.6. The van der Waals surface area contributed by atoms with Gasteiger partial charge in [0.25, 0.3) is 0 Å². The van der Waals surface area contributed by atoms with E-state index in [9.17, 15) is 4.79 Å². The van der Waals surface area contributed by atoms with Crippen LogP contribution in [0.25, 0.3) is 0 Å². The van der Waals surface area contributed by atoms with Crippen LogP contribution in [0, 0.1) is 0 Å². The van der Waals surface area contributed by atoms with Crippen LogP contribution in [0.3, 0.4) is 0 Å². The zero-order valence-corrected chi connectivity index (χ0v) is 16.7. The van der Waals surface area contributed by atoms with Gasteiger partial charge in [0.2, 0.25) is 5.91 Å². The Balaban J connectivity index is 2.18. The molecule has 1 aromatic rings. The number of carbonyl (C=O) groups is 1. The van der Waals surface area contributed by atoms with Crippen molar-refractivity contribution < 1.29 is 4.79 Å². The number of amides is 1. The summed E-state index contributed by atoms with van der Waals surface area (Å²) in [5.41, 5.74) is 2.03. The van der Waals surface area contributed by atoms with Crippen LogP contribution in [0.15, 0.2) is 18.2 Å². The third kappa shape index (κ3) is 5.48. The predicted octanol–water partition coefficient (Wildman–Crippen LogP) is 5.45. The Kier molecular flexibility index (Phi) is 7.93. The van der Waals surface area contributed by atoms with E-state index in [1.54, 1.807) is 6.92 Å². The SMILES string of the molecule is CCc1cc(Cl)ccc1N(CCC1SCCCS1)C(=O)C(C)Cl. The lowest BCUT2D eigenvalue weighted by molar-refractivity contribution is -0.118. The van der Waals surface area contributed by atoms with Gasteiger partial charge in [-0.05, 0) is 61.5 Å². The van der Waals surface area contributed by atoms with E-state index in [1.165, 1.54) is 17.9 Å². The number of rotatable bonds is 6. The first-order valence-electron chi connectivity index (χ1n) is 8.00. The number of thioether (sulfide) groups is 2. The number of alkyl halides is 1. The molecule has 1 aliphatic heterocycles. The molecule has 1 unspecified atom stereocenters. The minimum atomic E-state index is -0.526. The summed E-state index contributed by atoms with van der Waals surface area (Å²) >= 11 is 16.2. The highest BCUT2D eigenvalue weighted by Crippen LogP contribution is 2.34. The molecule has 1 atom stereocenters. The summed E-state index contributed by atoms with van der Waals surface area (Å²) < 4.78 is 0.571. The first-order chi connectivity index (χ1) is 11.0. The van der Waals surface area contributed by atoms with Crippen molar-refractivity contribution in [2.24, 2.45) is 0 Å². The van der Waals surface area contributed by atoms with Crippen LogP contribution >= 0.6 is 46.7 Å². The molecule has 0 aliphatic carbocycles. The summed E-state index contributed by atoms with van der Waals surface area (Å²) in [5.74, 6) is 2.41. The molecule has 1 aromatic carbocycles. The molecule has 0 bridgehead atoms. The Morgan fingerprint density at radius 1 is 1.39 bits per heavy atom. The number of hydrogen-bond donors (Lipinski definition) is 0. The minimum absolute atomic E-state index is 0.0329. The Hall–Kier alpha value is -0.0300. The molecule has 0 spiro atoms. The van der Waals surface area contributed by atoms with Gasteiger partial charge in [0, 0.05) is 17.3 Å². The van der Waals surface area contributed by atoms with Crippen molar-refractivity contribution in [2.75, 3.05) is 23.0 Å². The first kappa shape index (κ1) is 19.3. The Labute approximate surface area is 157 Å². The van der Waals surface area contributed by atoms with E-state index in [4.69, 9.17) is 23.2 Å². The highest BCUT2D eigenvalue weighted by molar-refractivity contribution is 8.17. The van der Waals surface area contributed by atoms with Crippen molar-refractivity contribution >= 4 is 58.3 Å². The molecule has 0 aromatic heterocycles. The van der Waals surface area contributed by atoms with E-state index in [0.29, 0.717) is 16.1 Å². The van der Waals surface area contributed by atoms with Gasteiger partial charge < -0.3 is 4.90 Å². The summed E-state index contributed by atoms with van der Waals surface area (Å²) in [4.78, 5) is 14.5. The van der Waals surface area contributed by atoms with E-state index < -0.39 is 5.38 Å². The summed E-state index contributed by atoms with van der Waals surface area (Å²) in [6, 6.07) is 5.74. The van der Waals surface area contributed by atoms with Gasteiger partial charge in [-0.25, -0.2) is 0 Å². The van der Waals surface area contributed by atoms with Gasteiger partial charge in [0.05, 0.1) is 4.58 Å². The monoisotopic (exact) mass is 391 g/mol. The van der Waals surface area contributed by atoms with E-state index in [-0.39, 0.29) is 5.91 Å². The van der Waals surface area contributed by atoms with Crippen LogP contribution in [0.5, 0.6) is 0 Å². The fraction of sp³-hybridized carbons (Fsp3) is 0.588. The van der Waals surface area contributed by atoms with Crippen molar-refractivity contribution in [3.05, 3.63) is 28.8 Å². The van der Waals surface area contributed by atoms with Crippen LogP contribution in [0.4, 0.5) is 5.69 Å². The molecule has 2 nitrogen and oxygen atoms in total. The fourth-order valence-corrected chi connectivity index (χ4v) is 5.75. The third-order valence-corrected chi connectivity index (χ3v) is 7.31. The number of halogens is 2. The van der Waals surface area contributed by atoms with Crippen LogP contribution < -0.4 is 4.90 Å². The summed E-state index contributed by atoms with van der Waals surface area (Å²) in [6.45, 7) is 4.52. The standard InChI is InChI=1S/C17H23Cl2NOS2/c1-3-13-11-14(19)5-6-15(13)20(17(21)12(2)18)8-7-16-22-9-4-10-23-16/h5-6,11-12,16H,3-4,7-10H2,1-2H3. The third-order valence-electron chi connectivity index (χ3n) is 3.80. The zero-order valence-electron chi connectivity index (χ0n) is 13.6. The average molecular weight is 392 g/mol. The Morgan fingerprint density at radius 3 is 2.70 bits per heavy atom. The summed E-state index contributed by atoms with van der Waals surface area (Å²) in [7, 11) is 0. The molecular weight excluding hydrogens is 369 g/mol. The second-order valence-electron chi connectivity index (χ2n) is 5.55. The molecule has 2 rings (SSSR count). The van der Waals surface area contributed by atoms with E-state index >= 15 is 0 Å². The Bertz CT molecular complexity index is 533. The molecule has 0 N–H and O–H groups in total. The van der Waals surface area contributed by atoms with Crippen molar-refractivity contribution in [3.63, 3.8) is 0 Å². The molecule has 128 valence electrons. The van der Waals surface area contributed by atoms with E-state index in [0.717, 1.165) is 24.1 Å². The largest absolute Gasteiger partial charge is 0.311 e. The zero-order chi connectivity index (χ0) is 16.8. The number of nitrogens with zero attached hydrogens (tertiary/aromatic N) is 1. The van der Waals surface area contributed by atoms with Gasteiger partial charge in [-0.2, -0.15) is 0 Å². The maximum Gasteiger partial charge on any atom is 0.244 e. The average Bonchev–Trinajstić information content (AvgIpc) is 2.56. The topological polar surface area (TPSA) is 20.3 Å². The summed E-state index contributed by atoms with van der Waals surface area (Å²) in [6.07, 6.45) is 3.10. The molecule has 23 heavy (non-hydrogen) atoms. The molecule has 1 fully saturated rings. The number of carbonyl (C=O) groups excluding carboxylic acids is 1. The van der Waals surface area contributed by atoms with Gasteiger partial charge >= 0.3 is 0 Å². The lowest BCUT2D eigenvalue weighted by Crippen LogP contribution is -2.38. The summed E-state index contributed by atoms with van der Waals surface area (Å²) in [5, 5.41) is 0.178. The molecule has 6 heteroatoms. The van der Waals surface area contributed by atoms with Gasteiger partial charge in [-0.15, -0.1) is 35.1 Å². The number of anilines is 1. The van der Waals surface area contributed by atoms with Crippen LogP contribution in [0.2, 0.25) is 5.02 Å². The molecule has 1 saturated heterocycles. The lowest BCUT2D eigenvalue weighted by Gasteiger charge is -2.29. The van der Waals surface area contributed by atoms with Crippen LogP contribution in [-0.4, -0.2) is 33.9 Å². The van der Waals surface area contributed by atoms with Gasteiger partial charge in [-0.1, -0.05) is 18.5 Å². The molecule has 1 heterocycles. The molecule has 0 saturated carbocycles.